The van der Waals surface area contributed by atoms with E-state index in [0.717, 1.165) is 39.3 Å². The van der Waals surface area contributed by atoms with Crippen molar-refractivity contribution in [1.82, 2.24) is 4.98 Å². The van der Waals surface area contributed by atoms with Crippen LogP contribution in [0.1, 0.15) is 0 Å². The van der Waals surface area contributed by atoms with Gasteiger partial charge in [0.05, 0.1) is 24.0 Å². The van der Waals surface area contributed by atoms with Gasteiger partial charge >= 0.3 is 0 Å². The topological polar surface area (TPSA) is 34.1 Å². The van der Waals surface area contributed by atoms with E-state index < -0.39 is 0 Å². The average molecular weight is 361 g/mol. The van der Waals surface area contributed by atoms with Crippen LogP contribution < -0.4 is 10.1 Å². The maximum atomic E-state index is 6.01. The molecule has 0 atom stereocenters. The molecule has 0 saturated carbocycles. The largest absolute Gasteiger partial charge is 0.497 e. The molecule has 0 amide bonds. The van der Waals surface area contributed by atoms with Crippen molar-refractivity contribution in [3.05, 3.63) is 83.9 Å². The lowest BCUT2D eigenvalue weighted by Crippen LogP contribution is -1.95. The molecule has 3 aromatic carbocycles. The Labute approximate surface area is 157 Å². The lowest BCUT2D eigenvalue weighted by molar-refractivity contribution is 0.415. The maximum Gasteiger partial charge on any atom is 0.119 e. The van der Waals surface area contributed by atoms with Crippen molar-refractivity contribution in [2.45, 2.75) is 0 Å². The van der Waals surface area contributed by atoms with E-state index in [-0.39, 0.29) is 0 Å². The van der Waals surface area contributed by atoms with Gasteiger partial charge in [-0.2, -0.15) is 0 Å². The summed E-state index contributed by atoms with van der Waals surface area (Å²) in [6.45, 7) is 0. The van der Waals surface area contributed by atoms with Crippen molar-refractivity contribution in [2.75, 3.05) is 12.4 Å². The molecule has 128 valence electrons. The van der Waals surface area contributed by atoms with Crippen LogP contribution in [0.3, 0.4) is 0 Å². The molecule has 0 radical (unpaired) electrons. The Hall–Kier alpha value is -3.04. The van der Waals surface area contributed by atoms with E-state index in [9.17, 15) is 0 Å². The molecule has 0 aliphatic rings. The van der Waals surface area contributed by atoms with Gasteiger partial charge in [0.1, 0.15) is 5.75 Å². The predicted molar refractivity (Wildman–Crippen MR) is 108 cm³/mol. The van der Waals surface area contributed by atoms with Crippen molar-refractivity contribution >= 4 is 33.9 Å². The Morgan fingerprint density at radius 1 is 0.885 bits per heavy atom. The van der Waals surface area contributed by atoms with Crippen molar-refractivity contribution in [2.24, 2.45) is 0 Å². The molecular formula is C22H17ClN2O. The Morgan fingerprint density at radius 2 is 1.62 bits per heavy atom. The van der Waals surface area contributed by atoms with Gasteiger partial charge in [0.2, 0.25) is 0 Å². The molecule has 1 N–H and O–H groups in total. The zero-order chi connectivity index (χ0) is 17.9. The van der Waals surface area contributed by atoms with Crippen LogP contribution in [0.5, 0.6) is 5.75 Å². The highest BCUT2D eigenvalue weighted by atomic mass is 35.5. The standard InChI is InChI=1S/C22H17ClN2O/c1-26-18-12-10-17(11-13-18)24-22-14-21(15-6-8-16(23)9-7-15)25-20-5-3-2-4-19(20)22/h2-14H,1H3,(H,24,25). The van der Waals surface area contributed by atoms with Crippen LogP contribution in [0.2, 0.25) is 5.02 Å². The molecule has 4 heteroatoms. The Kier molecular flexibility index (Phi) is 4.46. The van der Waals surface area contributed by atoms with Gasteiger partial charge in [-0.1, -0.05) is 41.9 Å². The number of nitrogens with one attached hydrogen (secondary N) is 1. The number of hydrogen-bond acceptors (Lipinski definition) is 3. The third kappa shape index (κ3) is 3.35. The Balaban J connectivity index is 1.79. The van der Waals surface area contributed by atoms with E-state index in [0.29, 0.717) is 5.02 Å². The number of ether oxygens (including phenoxy) is 1. The number of hydrogen-bond donors (Lipinski definition) is 1. The zero-order valence-electron chi connectivity index (χ0n) is 14.2. The van der Waals surface area contributed by atoms with Crippen LogP contribution in [-0.4, -0.2) is 12.1 Å². The quantitative estimate of drug-likeness (QED) is 0.463. The smallest absolute Gasteiger partial charge is 0.119 e. The lowest BCUT2D eigenvalue weighted by atomic mass is 10.1. The average Bonchev–Trinajstić information content (AvgIpc) is 2.69. The van der Waals surface area contributed by atoms with Gasteiger partial charge in [-0.15, -0.1) is 0 Å². The van der Waals surface area contributed by atoms with Crippen LogP contribution in [-0.2, 0) is 0 Å². The maximum absolute atomic E-state index is 6.01. The first-order valence-corrected chi connectivity index (χ1v) is 8.67. The number of para-hydroxylation sites is 1. The minimum absolute atomic E-state index is 0.714. The van der Waals surface area contributed by atoms with E-state index >= 15 is 0 Å². The summed E-state index contributed by atoms with van der Waals surface area (Å²) in [4.78, 5) is 4.80. The normalized spacial score (nSPS) is 10.7. The minimum atomic E-state index is 0.714. The third-order valence-electron chi connectivity index (χ3n) is 4.23. The molecule has 26 heavy (non-hydrogen) atoms. The molecule has 1 heterocycles. The van der Waals surface area contributed by atoms with Crippen LogP contribution in [0.15, 0.2) is 78.9 Å². The molecule has 0 aliphatic heterocycles. The van der Waals surface area contributed by atoms with Crippen LogP contribution >= 0.6 is 11.6 Å². The monoisotopic (exact) mass is 360 g/mol. The summed E-state index contributed by atoms with van der Waals surface area (Å²) in [7, 11) is 1.66. The summed E-state index contributed by atoms with van der Waals surface area (Å²) in [6, 6.07) is 25.8. The number of nitrogens with zero attached hydrogens (tertiary/aromatic N) is 1. The number of pyridine rings is 1. The first-order valence-electron chi connectivity index (χ1n) is 8.30. The molecule has 0 unspecified atom stereocenters. The summed E-state index contributed by atoms with van der Waals surface area (Å²) in [5.41, 5.74) is 4.86. The van der Waals surface area contributed by atoms with Gasteiger partial charge in [-0.3, -0.25) is 0 Å². The molecule has 4 aromatic rings. The first kappa shape index (κ1) is 16.4. The third-order valence-corrected chi connectivity index (χ3v) is 4.48. The van der Waals surface area contributed by atoms with E-state index in [1.807, 2.05) is 66.7 Å². The van der Waals surface area contributed by atoms with E-state index in [2.05, 4.69) is 17.4 Å². The van der Waals surface area contributed by atoms with Crippen molar-refractivity contribution < 1.29 is 4.74 Å². The second-order valence-corrected chi connectivity index (χ2v) is 6.37. The van der Waals surface area contributed by atoms with E-state index in [1.165, 1.54) is 0 Å². The Bertz CT molecular complexity index is 1040. The van der Waals surface area contributed by atoms with Gasteiger partial charge < -0.3 is 10.1 Å². The summed E-state index contributed by atoms with van der Waals surface area (Å²) >= 11 is 6.01. The number of benzene rings is 3. The molecule has 4 rings (SSSR count). The molecule has 1 aromatic heterocycles. The van der Waals surface area contributed by atoms with Crippen LogP contribution in [0, 0.1) is 0 Å². The minimum Gasteiger partial charge on any atom is -0.497 e. The van der Waals surface area contributed by atoms with E-state index in [1.54, 1.807) is 7.11 Å². The highest BCUT2D eigenvalue weighted by Crippen LogP contribution is 2.31. The van der Waals surface area contributed by atoms with Gasteiger partial charge in [0.15, 0.2) is 0 Å². The fourth-order valence-electron chi connectivity index (χ4n) is 2.88. The Morgan fingerprint density at radius 3 is 2.35 bits per heavy atom. The number of halogens is 1. The summed E-state index contributed by atoms with van der Waals surface area (Å²) in [6.07, 6.45) is 0. The molecule has 3 nitrogen and oxygen atoms in total. The summed E-state index contributed by atoms with van der Waals surface area (Å²) < 4.78 is 5.23. The SMILES string of the molecule is COc1ccc(Nc2cc(-c3ccc(Cl)cc3)nc3ccccc23)cc1. The molecule has 0 saturated heterocycles. The second-order valence-electron chi connectivity index (χ2n) is 5.93. The van der Waals surface area contributed by atoms with Crippen LogP contribution in [0.25, 0.3) is 22.2 Å². The molecule has 0 bridgehead atoms. The van der Waals surface area contributed by atoms with Crippen molar-refractivity contribution in [3.8, 4) is 17.0 Å². The molecule has 0 aliphatic carbocycles. The van der Waals surface area contributed by atoms with Gasteiger partial charge in [0.25, 0.3) is 0 Å². The predicted octanol–water partition coefficient (Wildman–Crippen LogP) is 6.31. The summed E-state index contributed by atoms with van der Waals surface area (Å²) in [5, 5.41) is 5.28. The number of aromatic nitrogens is 1. The second kappa shape index (κ2) is 7.06. The van der Waals surface area contributed by atoms with Gasteiger partial charge in [0, 0.05) is 21.7 Å². The van der Waals surface area contributed by atoms with E-state index in [4.69, 9.17) is 21.3 Å². The lowest BCUT2D eigenvalue weighted by Gasteiger charge is -2.13. The fraction of sp³-hybridized carbons (Fsp3) is 0.0455. The molecule has 0 fully saturated rings. The highest BCUT2D eigenvalue weighted by Gasteiger charge is 2.08. The van der Waals surface area contributed by atoms with Gasteiger partial charge in [-0.25, -0.2) is 4.98 Å². The van der Waals surface area contributed by atoms with Gasteiger partial charge in [-0.05, 0) is 48.5 Å². The highest BCUT2D eigenvalue weighted by molar-refractivity contribution is 6.30. The number of anilines is 2. The zero-order valence-corrected chi connectivity index (χ0v) is 15.0. The summed E-state index contributed by atoms with van der Waals surface area (Å²) in [5.74, 6) is 0.831. The van der Waals surface area contributed by atoms with Crippen LogP contribution in [0.4, 0.5) is 11.4 Å². The number of fused-ring (bicyclic) bond motifs is 1. The fourth-order valence-corrected chi connectivity index (χ4v) is 3.00. The first-order chi connectivity index (χ1) is 12.7. The molecule has 0 spiro atoms. The number of rotatable bonds is 4. The van der Waals surface area contributed by atoms with Crippen molar-refractivity contribution in [3.63, 3.8) is 0 Å². The number of methoxy groups -OCH3 is 1. The van der Waals surface area contributed by atoms with Crippen molar-refractivity contribution in [1.29, 1.82) is 0 Å². The molecular weight excluding hydrogens is 344 g/mol.